The molecule has 2 heterocycles. The van der Waals surface area contributed by atoms with Gasteiger partial charge in [-0.05, 0) is 48.4 Å². The monoisotopic (exact) mass is 320 g/mol. The lowest BCUT2D eigenvalue weighted by atomic mass is 10.0. The van der Waals surface area contributed by atoms with Crippen molar-refractivity contribution in [2.24, 2.45) is 0 Å². The van der Waals surface area contributed by atoms with Crippen molar-refractivity contribution < 1.29 is 9.90 Å². The lowest BCUT2D eigenvalue weighted by Crippen LogP contribution is -2.03. The van der Waals surface area contributed by atoms with E-state index in [2.05, 4.69) is 20.3 Å². The molecular formula is C18H16N4O2. The Morgan fingerprint density at radius 2 is 2.08 bits per heavy atom. The molecule has 0 aliphatic heterocycles. The molecular weight excluding hydrogens is 304 g/mol. The van der Waals surface area contributed by atoms with Gasteiger partial charge in [0.1, 0.15) is 5.82 Å². The van der Waals surface area contributed by atoms with E-state index >= 15 is 0 Å². The van der Waals surface area contributed by atoms with Gasteiger partial charge in [-0.1, -0.05) is 6.92 Å². The Hall–Kier alpha value is -3.28. The molecule has 3 aromatic rings. The van der Waals surface area contributed by atoms with Crippen LogP contribution in [-0.4, -0.2) is 26.0 Å². The highest BCUT2D eigenvalue weighted by molar-refractivity contribution is 5.90. The molecule has 0 radical (unpaired) electrons. The first-order chi connectivity index (χ1) is 11.7. The van der Waals surface area contributed by atoms with Crippen LogP contribution >= 0.6 is 0 Å². The van der Waals surface area contributed by atoms with Crippen molar-refractivity contribution in [3.05, 3.63) is 66.1 Å². The van der Waals surface area contributed by atoms with E-state index in [1.54, 1.807) is 36.8 Å². The SMILES string of the molecule is CCc1cc(Nc2ccnc(-c3cccnc3)n2)ccc1C(=O)O. The summed E-state index contributed by atoms with van der Waals surface area (Å²) in [5, 5.41) is 12.4. The topological polar surface area (TPSA) is 88.0 Å². The van der Waals surface area contributed by atoms with Crippen LogP contribution < -0.4 is 5.32 Å². The maximum atomic E-state index is 11.2. The Labute approximate surface area is 139 Å². The van der Waals surface area contributed by atoms with Gasteiger partial charge in [0, 0.05) is 29.8 Å². The molecule has 0 fully saturated rings. The molecule has 6 nitrogen and oxygen atoms in total. The summed E-state index contributed by atoms with van der Waals surface area (Å²) in [6.45, 7) is 1.93. The number of aromatic carboxylic acids is 1. The average molecular weight is 320 g/mol. The minimum Gasteiger partial charge on any atom is -0.478 e. The second-order valence-corrected chi connectivity index (χ2v) is 5.16. The number of nitrogens with one attached hydrogen (secondary N) is 1. The predicted molar refractivity (Wildman–Crippen MR) is 91.3 cm³/mol. The number of carboxylic acid groups (broad SMARTS) is 1. The zero-order chi connectivity index (χ0) is 16.9. The molecule has 0 aliphatic carbocycles. The number of carbonyl (C=O) groups is 1. The van der Waals surface area contributed by atoms with Gasteiger partial charge >= 0.3 is 5.97 Å². The van der Waals surface area contributed by atoms with Crippen LogP contribution in [-0.2, 0) is 6.42 Å². The van der Waals surface area contributed by atoms with Crippen LogP contribution in [0.1, 0.15) is 22.8 Å². The van der Waals surface area contributed by atoms with Crippen LogP contribution in [0, 0.1) is 0 Å². The molecule has 0 spiro atoms. The number of carboxylic acids is 1. The Kier molecular flexibility index (Phi) is 4.47. The molecule has 3 rings (SSSR count). The van der Waals surface area contributed by atoms with Gasteiger partial charge in [-0.3, -0.25) is 4.98 Å². The highest BCUT2D eigenvalue weighted by Crippen LogP contribution is 2.21. The summed E-state index contributed by atoms with van der Waals surface area (Å²) in [4.78, 5) is 24.0. The second kappa shape index (κ2) is 6.87. The minimum absolute atomic E-state index is 0.321. The molecule has 2 aromatic heterocycles. The lowest BCUT2D eigenvalue weighted by molar-refractivity contribution is 0.0696. The first-order valence-electron chi connectivity index (χ1n) is 7.54. The zero-order valence-electron chi connectivity index (χ0n) is 13.1. The van der Waals surface area contributed by atoms with E-state index < -0.39 is 5.97 Å². The molecule has 120 valence electrons. The Balaban J connectivity index is 1.88. The van der Waals surface area contributed by atoms with Crippen molar-refractivity contribution in [2.75, 3.05) is 5.32 Å². The summed E-state index contributed by atoms with van der Waals surface area (Å²) in [6, 6.07) is 10.6. The van der Waals surface area contributed by atoms with Gasteiger partial charge in [-0.2, -0.15) is 0 Å². The molecule has 0 bridgehead atoms. The minimum atomic E-state index is -0.917. The number of rotatable bonds is 5. The van der Waals surface area contributed by atoms with Crippen LogP contribution in [0.15, 0.2) is 55.0 Å². The molecule has 0 saturated carbocycles. The molecule has 6 heteroatoms. The van der Waals surface area contributed by atoms with Gasteiger partial charge < -0.3 is 10.4 Å². The quantitative estimate of drug-likeness (QED) is 0.747. The Bertz CT molecular complexity index is 866. The molecule has 0 amide bonds. The van der Waals surface area contributed by atoms with Crippen molar-refractivity contribution in [1.29, 1.82) is 0 Å². The van der Waals surface area contributed by atoms with E-state index in [1.807, 2.05) is 25.1 Å². The Morgan fingerprint density at radius 3 is 2.79 bits per heavy atom. The fourth-order valence-electron chi connectivity index (χ4n) is 2.38. The van der Waals surface area contributed by atoms with Gasteiger partial charge in [-0.25, -0.2) is 14.8 Å². The maximum Gasteiger partial charge on any atom is 0.335 e. The normalized spacial score (nSPS) is 10.4. The maximum absolute atomic E-state index is 11.2. The van der Waals surface area contributed by atoms with Crippen LogP contribution in [0.2, 0.25) is 0 Å². The fraction of sp³-hybridized carbons (Fsp3) is 0.111. The number of benzene rings is 1. The summed E-state index contributed by atoms with van der Waals surface area (Å²) < 4.78 is 0. The van der Waals surface area contributed by atoms with Crippen LogP contribution in [0.5, 0.6) is 0 Å². The molecule has 24 heavy (non-hydrogen) atoms. The van der Waals surface area contributed by atoms with Crippen LogP contribution in [0.25, 0.3) is 11.4 Å². The molecule has 0 saturated heterocycles. The van der Waals surface area contributed by atoms with Gasteiger partial charge in [0.25, 0.3) is 0 Å². The zero-order valence-corrected chi connectivity index (χ0v) is 13.1. The smallest absolute Gasteiger partial charge is 0.335 e. The summed E-state index contributed by atoms with van der Waals surface area (Å²) in [5.74, 6) is 0.291. The van der Waals surface area contributed by atoms with Crippen LogP contribution in [0.3, 0.4) is 0 Å². The first kappa shape index (κ1) is 15.6. The summed E-state index contributed by atoms with van der Waals surface area (Å²) in [7, 11) is 0. The summed E-state index contributed by atoms with van der Waals surface area (Å²) >= 11 is 0. The third kappa shape index (κ3) is 3.38. The number of aromatic nitrogens is 3. The molecule has 0 aliphatic rings. The van der Waals surface area contributed by atoms with Crippen molar-refractivity contribution in [3.8, 4) is 11.4 Å². The van der Waals surface area contributed by atoms with Crippen LogP contribution in [0.4, 0.5) is 11.5 Å². The van der Waals surface area contributed by atoms with E-state index in [0.29, 0.717) is 23.6 Å². The molecule has 0 unspecified atom stereocenters. The van der Waals surface area contributed by atoms with E-state index in [9.17, 15) is 9.90 Å². The second-order valence-electron chi connectivity index (χ2n) is 5.16. The van der Waals surface area contributed by atoms with Gasteiger partial charge in [-0.15, -0.1) is 0 Å². The van der Waals surface area contributed by atoms with Gasteiger partial charge in [0.05, 0.1) is 5.56 Å². The number of hydrogen-bond acceptors (Lipinski definition) is 5. The van der Waals surface area contributed by atoms with Crippen molar-refractivity contribution >= 4 is 17.5 Å². The van der Waals surface area contributed by atoms with E-state index in [4.69, 9.17) is 0 Å². The predicted octanol–water partition coefficient (Wildman–Crippen LogP) is 3.54. The average Bonchev–Trinajstić information content (AvgIpc) is 2.62. The number of anilines is 2. The highest BCUT2D eigenvalue weighted by atomic mass is 16.4. The van der Waals surface area contributed by atoms with Gasteiger partial charge in [0.15, 0.2) is 5.82 Å². The third-order valence-electron chi connectivity index (χ3n) is 3.56. The number of nitrogens with zero attached hydrogens (tertiary/aromatic N) is 3. The van der Waals surface area contributed by atoms with Gasteiger partial charge in [0.2, 0.25) is 0 Å². The number of pyridine rings is 1. The third-order valence-corrected chi connectivity index (χ3v) is 3.56. The van der Waals surface area contributed by atoms with Crippen molar-refractivity contribution in [2.45, 2.75) is 13.3 Å². The molecule has 0 atom stereocenters. The largest absolute Gasteiger partial charge is 0.478 e. The Morgan fingerprint density at radius 1 is 1.21 bits per heavy atom. The van der Waals surface area contributed by atoms with E-state index in [0.717, 1.165) is 16.8 Å². The number of hydrogen-bond donors (Lipinski definition) is 2. The van der Waals surface area contributed by atoms with Crippen molar-refractivity contribution in [3.63, 3.8) is 0 Å². The first-order valence-corrected chi connectivity index (χ1v) is 7.54. The lowest BCUT2D eigenvalue weighted by Gasteiger charge is -2.10. The number of aryl methyl sites for hydroxylation is 1. The molecule has 2 N–H and O–H groups in total. The van der Waals surface area contributed by atoms with Crippen molar-refractivity contribution in [1.82, 2.24) is 15.0 Å². The summed E-state index contributed by atoms with van der Waals surface area (Å²) in [6.07, 6.45) is 5.71. The summed E-state index contributed by atoms with van der Waals surface area (Å²) in [5.41, 5.74) is 2.71. The van der Waals surface area contributed by atoms with E-state index in [-0.39, 0.29) is 0 Å². The molecule has 1 aromatic carbocycles. The van der Waals surface area contributed by atoms with E-state index in [1.165, 1.54) is 0 Å². The fourth-order valence-corrected chi connectivity index (χ4v) is 2.38. The standard InChI is InChI=1S/C18H16N4O2/c1-2-12-10-14(5-6-15(12)18(23)24)21-16-7-9-20-17(22-16)13-4-3-8-19-11-13/h3-11H,2H2,1H3,(H,23,24)(H,20,21,22). The highest BCUT2D eigenvalue weighted by Gasteiger charge is 2.10.